The summed E-state index contributed by atoms with van der Waals surface area (Å²) in [5.74, 6) is 0.0348. The lowest BCUT2D eigenvalue weighted by Crippen LogP contribution is -2.43. The molecule has 8 N–H and O–H groups in total. The van der Waals surface area contributed by atoms with Gasteiger partial charge in [0.05, 0.1) is 11.9 Å². The maximum Gasteiger partial charge on any atom is 0.254 e. The van der Waals surface area contributed by atoms with Crippen molar-refractivity contribution in [1.82, 2.24) is 9.97 Å². The third-order valence-electron chi connectivity index (χ3n) is 4.69. The van der Waals surface area contributed by atoms with Gasteiger partial charge >= 0.3 is 0 Å². The van der Waals surface area contributed by atoms with Gasteiger partial charge in [0.15, 0.2) is 0 Å². The first kappa shape index (κ1) is 21.7. The van der Waals surface area contributed by atoms with Crippen molar-refractivity contribution in [2.75, 3.05) is 16.1 Å². The van der Waals surface area contributed by atoms with Crippen LogP contribution in [0.15, 0.2) is 34.0 Å². The van der Waals surface area contributed by atoms with Gasteiger partial charge < -0.3 is 27.5 Å². The highest BCUT2D eigenvalue weighted by atomic mass is 79.9. The van der Waals surface area contributed by atoms with Gasteiger partial charge in [-0.25, -0.2) is 4.98 Å². The first-order chi connectivity index (χ1) is 14.5. The second-order valence-corrected chi connectivity index (χ2v) is 7.85. The predicted octanol–water partition coefficient (Wildman–Crippen LogP) is 2.81. The molecule has 1 saturated carbocycles. The molecule has 0 saturated heterocycles. The van der Waals surface area contributed by atoms with Crippen LogP contribution in [-0.4, -0.2) is 40.4 Å². The van der Waals surface area contributed by atoms with E-state index in [0.29, 0.717) is 17.3 Å². The van der Waals surface area contributed by atoms with Crippen molar-refractivity contribution in [1.29, 1.82) is 5.41 Å². The third-order valence-corrected chi connectivity index (χ3v) is 5.15. The van der Waals surface area contributed by atoms with Crippen molar-refractivity contribution in [3.05, 3.63) is 34.4 Å². The van der Waals surface area contributed by atoms with Gasteiger partial charge in [0.1, 0.15) is 11.4 Å². The molecule has 1 aromatic heterocycles. The number of carbonyl (C=O) groups excluding carboxylic acids is 1. The number of nitrogens with zero attached hydrogens (tertiary/aromatic N) is 3. The van der Waals surface area contributed by atoms with Crippen LogP contribution in [0, 0.1) is 5.41 Å². The minimum atomic E-state index is -0.637. The molecular formula is C19H24BrN9O. The maximum atomic E-state index is 11.9. The van der Waals surface area contributed by atoms with Crippen LogP contribution in [-0.2, 0) is 0 Å². The largest absolute Gasteiger partial charge is 0.365 e. The standard InChI is InChI=1S/C19H24BrN9O/c20-11-7-12(9-13(8-11)29-25-6-5-21)26-18-14(17(23)30)10-24-19(28-18)27-16-4-2-1-3-15(16)22/h5-10,15-16,21,29H,1-4,22H2,(H2,23,30)(H2,24,26,27,28)/b21-5?,25-6-/t15-,16+/m0/s1. The molecule has 1 heterocycles. The number of halogens is 1. The third kappa shape index (κ3) is 5.74. The zero-order valence-corrected chi connectivity index (χ0v) is 17.8. The highest BCUT2D eigenvalue weighted by Gasteiger charge is 2.23. The first-order valence-electron chi connectivity index (χ1n) is 9.51. The van der Waals surface area contributed by atoms with Crippen LogP contribution >= 0.6 is 15.9 Å². The molecule has 158 valence electrons. The van der Waals surface area contributed by atoms with Crippen molar-refractivity contribution in [3.8, 4) is 0 Å². The SMILES string of the molecule is N=C/C=N\Nc1cc(Br)cc(Nc2nc(N[C@@H]3CCCC[C@@H]3N)ncc2C(N)=O)c1. The van der Waals surface area contributed by atoms with Crippen molar-refractivity contribution in [2.24, 2.45) is 16.6 Å². The number of rotatable bonds is 8. The lowest BCUT2D eigenvalue weighted by Gasteiger charge is -2.29. The van der Waals surface area contributed by atoms with E-state index in [-0.39, 0.29) is 23.5 Å². The zero-order chi connectivity index (χ0) is 21.5. The second-order valence-electron chi connectivity index (χ2n) is 6.93. The van der Waals surface area contributed by atoms with Crippen LogP contribution < -0.4 is 27.5 Å². The number of amides is 1. The summed E-state index contributed by atoms with van der Waals surface area (Å²) in [5, 5.41) is 17.3. The Morgan fingerprint density at radius 2 is 2.03 bits per heavy atom. The van der Waals surface area contributed by atoms with E-state index in [1.165, 1.54) is 12.4 Å². The predicted molar refractivity (Wildman–Crippen MR) is 123 cm³/mol. The number of benzene rings is 1. The van der Waals surface area contributed by atoms with Crippen molar-refractivity contribution in [3.63, 3.8) is 0 Å². The van der Waals surface area contributed by atoms with E-state index in [0.717, 1.165) is 36.4 Å². The quantitative estimate of drug-likeness (QED) is 0.253. The second kappa shape index (κ2) is 10.1. The number of nitrogens with two attached hydrogens (primary N) is 2. The Hall–Kier alpha value is -3.05. The lowest BCUT2D eigenvalue weighted by atomic mass is 9.91. The fourth-order valence-electron chi connectivity index (χ4n) is 3.24. The molecule has 0 radical (unpaired) electrons. The molecule has 2 atom stereocenters. The number of primary amides is 1. The summed E-state index contributed by atoms with van der Waals surface area (Å²) in [7, 11) is 0. The van der Waals surface area contributed by atoms with Gasteiger partial charge in [-0.1, -0.05) is 28.8 Å². The molecule has 0 spiro atoms. The molecule has 1 aromatic carbocycles. The molecule has 0 unspecified atom stereocenters. The number of hydrazone groups is 1. The molecule has 0 bridgehead atoms. The Balaban J connectivity index is 1.85. The van der Waals surface area contributed by atoms with Gasteiger partial charge in [0.25, 0.3) is 5.91 Å². The number of hydrogen-bond acceptors (Lipinski definition) is 9. The van der Waals surface area contributed by atoms with Crippen LogP contribution in [0.5, 0.6) is 0 Å². The number of anilines is 4. The average Bonchev–Trinajstić information content (AvgIpc) is 2.69. The summed E-state index contributed by atoms with van der Waals surface area (Å²) in [4.78, 5) is 20.6. The van der Waals surface area contributed by atoms with Gasteiger partial charge in [0, 0.05) is 34.7 Å². The maximum absolute atomic E-state index is 11.9. The molecule has 1 aliphatic carbocycles. The monoisotopic (exact) mass is 473 g/mol. The van der Waals surface area contributed by atoms with Crippen molar-refractivity contribution < 1.29 is 4.79 Å². The fourth-order valence-corrected chi connectivity index (χ4v) is 3.74. The topological polar surface area (TPSA) is 167 Å². The molecule has 3 rings (SSSR count). The minimum Gasteiger partial charge on any atom is -0.365 e. The van der Waals surface area contributed by atoms with Gasteiger partial charge in [-0.2, -0.15) is 10.1 Å². The highest BCUT2D eigenvalue weighted by Crippen LogP contribution is 2.27. The summed E-state index contributed by atoms with van der Waals surface area (Å²) in [6.07, 6.45) is 7.91. The smallest absolute Gasteiger partial charge is 0.254 e. The van der Waals surface area contributed by atoms with E-state index in [1.807, 2.05) is 12.1 Å². The summed E-state index contributed by atoms with van der Waals surface area (Å²) < 4.78 is 0.779. The van der Waals surface area contributed by atoms with Crippen molar-refractivity contribution >= 4 is 57.4 Å². The van der Waals surface area contributed by atoms with Gasteiger partial charge in [0.2, 0.25) is 5.95 Å². The Kier molecular flexibility index (Phi) is 7.31. The Morgan fingerprint density at radius 3 is 2.77 bits per heavy atom. The van der Waals surface area contributed by atoms with E-state index < -0.39 is 5.91 Å². The molecule has 1 aliphatic rings. The van der Waals surface area contributed by atoms with Gasteiger partial charge in [-0.05, 0) is 31.0 Å². The summed E-state index contributed by atoms with van der Waals surface area (Å²) in [6.45, 7) is 0. The normalized spacial score (nSPS) is 18.7. The molecule has 1 amide bonds. The van der Waals surface area contributed by atoms with E-state index in [2.05, 4.69) is 47.1 Å². The van der Waals surface area contributed by atoms with E-state index in [4.69, 9.17) is 16.9 Å². The van der Waals surface area contributed by atoms with Crippen LogP contribution in [0.25, 0.3) is 0 Å². The lowest BCUT2D eigenvalue weighted by molar-refractivity contribution is 0.100. The first-order valence-corrected chi connectivity index (χ1v) is 10.3. The molecule has 1 fully saturated rings. The van der Waals surface area contributed by atoms with Gasteiger partial charge in [-0.3, -0.25) is 10.2 Å². The fraction of sp³-hybridized carbons (Fsp3) is 0.316. The van der Waals surface area contributed by atoms with Crippen molar-refractivity contribution in [2.45, 2.75) is 37.8 Å². The minimum absolute atomic E-state index is 0.0369. The molecule has 2 aromatic rings. The van der Waals surface area contributed by atoms with Crippen LogP contribution in [0.2, 0.25) is 0 Å². The molecular weight excluding hydrogens is 450 g/mol. The van der Waals surface area contributed by atoms with E-state index in [1.54, 1.807) is 6.07 Å². The highest BCUT2D eigenvalue weighted by molar-refractivity contribution is 9.10. The number of aromatic nitrogens is 2. The van der Waals surface area contributed by atoms with Crippen LogP contribution in [0.3, 0.4) is 0 Å². The number of hydrogen-bond donors (Lipinski definition) is 6. The number of nitrogens with one attached hydrogen (secondary N) is 4. The zero-order valence-electron chi connectivity index (χ0n) is 16.2. The summed E-state index contributed by atoms with van der Waals surface area (Å²) in [6, 6.07) is 5.54. The molecule has 10 nitrogen and oxygen atoms in total. The molecule has 11 heteroatoms. The average molecular weight is 474 g/mol. The summed E-state index contributed by atoms with van der Waals surface area (Å²) >= 11 is 3.44. The Bertz CT molecular complexity index is 950. The number of carbonyl (C=O) groups is 1. The van der Waals surface area contributed by atoms with E-state index in [9.17, 15) is 4.79 Å². The Morgan fingerprint density at radius 1 is 1.27 bits per heavy atom. The van der Waals surface area contributed by atoms with Crippen LogP contribution in [0.4, 0.5) is 23.1 Å². The molecule has 0 aliphatic heterocycles. The van der Waals surface area contributed by atoms with Gasteiger partial charge in [-0.15, -0.1) is 0 Å². The Labute approximate surface area is 182 Å². The van der Waals surface area contributed by atoms with E-state index >= 15 is 0 Å². The van der Waals surface area contributed by atoms with Crippen LogP contribution in [0.1, 0.15) is 36.0 Å². The summed E-state index contributed by atoms with van der Waals surface area (Å²) in [5.41, 5.74) is 16.0. The molecule has 30 heavy (non-hydrogen) atoms.